The largest absolute Gasteiger partial charge is 0.359 e. The van der Waals surface area contributed by atoms with Crippen molar-refractivity contribution in [2.24, 2.45) is 5.92 Å². The lowest BCUT2D eigenvalue weighted by Gasteiger charge is -2.43. The van der Waals surface area contributed by atoms with Gasteiger partial charge in [0, 0.05) is 44.4 Å². The number of aromatic amines is 1. The van der Waals surface area contributed by atoms with Crippen LogP contribution in [0.3, 0.4) is 0 Å². The maximum atomic E-state index is 12.4. The smallest absolute Gasteiger partial charge is 0.274 e. The quantitative estimate of drug-likeness (QED) is 0.780. The number of hydrogen-bond donors (Lipinski definition) is 2. The molecule has 0 aliphatic carbocycles. The zero-order valence-corrected chi connectivity index (χ0v) is 13.5. The van der Waals surface area contributed by atoms with Crippen molar-refractivity contribution >= 4 is 17.7 Å². The van der Waals surface area contributed by atoms with Crippen LogP contribution < -0.4 is 5.32 Å². The Balaban J connectivity index is 1.59. The van der Waals surface area contributed by atoms with Gasteiger partial charge >= 0.3 is 0 Å². The second-order valence-corrected chi connectivity index (χ2v) is 6.25. The lowest BCUT2D eigenvalue weighted by atomic mass is 10.1. The van der Waals surface area contributed by atoms with Gasteiger partial charge < -0.3 is 15.1 Å². The van der Waals surface area contributed by atoms with Crippen LogP contribution in [0.25, 0.3) is 0 Å². The van der Waals surface area contributed by atoms with Gasteiger partial charge in [0.15, 0.2) is 5.69 Å². The number of amides is 3. The molecule has 8 nitrogen and oxygen atoms in total. The van der Waals surface area contributed by atoms with E-state index in [1.165, 1.54) is 0 Å². The second kappa shape index (κ2) is 5.68. The molecule has 1 aromatic rings. The number of aryl methyl sites for hydroxylation is 1. The minimum Gasteiger partial charge on any atom is -0.359 e. The summed E-state index contributed by atoms with van der Waals surface area (Å²) in [5, 5.41) is 9.45. The molecule has 1 atom stereocenters. The van der Waals surface area contributed by atoms with Crippen molar-refractivity contribution < 1.29 is 14.4 Å². The summed E-state index contributed by atoms with van der Waals surface area (Å²) in [4.78, 5) is 39.5. The highest BCUT2D eigenvalue weighted by Crippen LogP contribution is 2.26. The van der Waals surface area contributed by atoms with Crippen LogP contribution in [0.2, 0.25) is 0 Å². The molecule has 2 N–H and O–H groups in total. The van der Waals surface area contributed by atoms with Gasteiger partial charge in [0.25, 0.3) is 5.91 Å². The number of likely N-dealkylation sites (tertiary alicyclic amines) is 2. The summed E-state index contributed by atoms with van der Waals surface area (Å²) < 4.78 is 0. The second-order valence-electron chi connectivity index (χ2n) is 6.25. The third-order valence-corrected chi connectivity index (χ3v) is 4.82. The average molecular weight is 319 g/mol. The molecule has 2 aliphatic heterocycles. The van der Waals surface area contributed by atoms with Gasteiger partial charge in [-0.15, -0.1) is 0 Å². The van der Waals surface area contributed by atoms with Gasteiger partial charge in [0.05, 0.1) is 12.0 Å². The van der Waals surface area contributed by atoms with Gasteiger partial charge in [-0.25, -0.2) is 0 Å². The van der Waals surface area contributed by atoms with Crippen LogP contribution >= 0.6 is 0 Å². The zero-order chi connectivity index (χ0) is 16.7. The van der Waals surface area contributed by atoms with E-state index in [-0.39, 0.29) is 36.1 Å². The summed E-state index contributed by atoms with van der Waals surface area (Å²) in [6, 6.07) is 0.00134. The van der Waals surface area contributed by atoms with Crippen LogP contribution in [0.15, 0.2) is 0 Å². The number of H-pyrrole nitrogens is 1. The number of carbonyl (C=O) groups is 3. The van der Waals surface area contributed by atoms with Crippen molar-refractivity contribution in [3.8, 4) is 0 Å². The molecular weight excluding hydrogens is 298 g/mol. The number of carbonyl (C=O) groups excluding carboxylic acids is 3. The van der Waals surface area contributed by atoms with Crippen molar-refractivity contribution in [3.63, 3.8) is 0 Å². The molecule has 3 amide bonds. The van der Waals surface area contributed by atoms with Gasteiger partial charge in [0.2, 0.25) is 11.8 Å². The minimum absolute atomic E-state index is 0.00134. The molecule has 3 rings (SSSR count). The number of nitrogens with zero attached hydrogens (tertiary/aromatic N) is 3. The summed E-state index contributed by atoms with van der Waals surface area (Å²) in [5.41, 5.74) is 2.18. The monoisotopic (exact) mass is 319 g/mol. The van der Waals surface area contributed by atoms with Crippen LogP contribution in [0.1, 0.15) is 28.2 Å². The van der Waals surface area contributed by atoms with Gasteiger partial charge in [0.1, 0.15) is 0 Å². The van der Waals surface area contributed by atoms with E-state index in [1.807, 2.05) is 13.8 Å². The maximum Gasteiger partial charge on any atom is 0.274 e. The standard InChI is InChI=1S/C15H21N5O3/c1-8-9(2)17-18-13(8)15(23)19-6-11(7-19)20-5-10(4-12(20)21)14(22)16-3/h10-11H,4-7H2,1-3H3,(H,16,22)(H,17,18). The first-order valence-electron chi connectivity index (χ1n) is 7.74. The fourth-order valence-electron chi connectivity index (χ4n) is 3.13. The highest BCUT2D eigenvalue weighted by molar-refractivity contribution is 5.95. The molecule has 3 heterocycles. The molecule has 0 spiro atoms. The van der Waals surface area contributed by atoms with Gasteiger partial charge in [-0.1, -0.05) is 0 Å². The van der Waals surface area contributed by atoms with Gasteiger partial charge in [-0.2, -0.15) is 5.10 Å². The molecule has 0 radical (unpaired) electrons. The Morgan fingerprint density at radius 1 is 1.26 bits per heavy atom. The van der Waals surface area contributed by atoms with Crippen LogP contribution in [0.4, 0.5) is 0 Å². The van der Waals surface area contributed by atoms with E-state index in [2.05, 4.69) is 15.5 Å². The number of nitrogens with one attached hydrogen (secondary N) is 2. The molecule has 8 heteroatoms. The van der Waals surface area contributed by atoms with Crippen molar-refractivity contribution in [2.45, 2.75) is 26.3 Å². The molecule has 2 saturated heterocycles. The SMILES string of the molecule is CNC(=O)C1CC(=O)N(C2CN(C(=O)c3n[nH]c(C)c3C)C2)C1. The number of hydrogen-bond acceptors (Lipinski definition) is 4. The normalized spacial score (nSPS) is 21.5. The summed E-state index contributed by atoms with van der Waals surface area (Å²) >= 11 is 0. The molecule has 2 aliphatic rings. The van der Waals surface area contributed by atoms with Crippen molar-refractivity contribution in [1.29, 1.82) is 0 Å². The van der Waals surface area contributed by atoms with E-state index in [4.69, 9.17) is 0 Å². The highest BCUT2D eigenvalue weighted by Gasteiger charge is 2.43. The molecule has 2 fully saturated rings. The first-order valence-corrected chi connectivity index (χ1v) is 7.74. The Morgan fingerprint density at radius 2 is 1.96 bits per heavy atom. The minimum atomic E-state index is -0.284. The lowest BCUT2D eigenvalue weighted by Crippen LogP contribution is -2.61. The molecule has 124 valence electrons. The highest BCUT2D eigenvalue weighted by atomic mass is 16.2. The summed E-state index contributed by atoms with van der Waals surface area (Å²) in [5.74, 6) is -0.510. The third kappa shape index (κ3) is 2.58. The predicted molar refractivity (Wildman–Crippen MR) is 81.6 cm³/mol. The topological polar surface area (TPSA) is 98.4 Å². The lowest BCUT2D eigenvalue weighted by molar-refractivity contribution is -0.132. The van der Waals surface area contributed by atoms with Crippen molar-refractivity contribution in [2.75, 3.05) is 26.7 Å². The number of aromatic nitrogens is 2. The van der Waals surface area contributed by atoms with Crippen molar-refractivity contribution in [3.05, 3.63) is 17.0 Å². The van der Waals surface area contributed by atoms with E-state index in [0.717, 1.165) is 11.3 Å². The van der Waals surface area contributed by atoms with Crippen molar-refractivity contribution in [1.82, 2.24) is 25.3 Å². The Kier molecular flexibility index (Phi) is 3.83. The molecule has 0 bridgehead atoms. The maximum absolute atomic E-state index is 12.4. The molecule has 1 aromatic heterocycles. The first kappa shape index (κ1) is 15.5. The molecule has 23 heavy (non-hydrogen) atoms. The Morgan fingerprint density at radius 3 is 2.52 bits per heavy atom. The molecule has 0 saturated carbocycles. The first-order chi connectivity index (χ1) is 10.9. The fraction of sp³-hybridized carbons (Fsp3) is 0.600. The fourth-order valence-corrected chi connectivity index (χ4v) is 3.13. The van der Waals surface area contributed by atoms with Gasteiger partial charge in [-0.05, 0) is 13.8 Å². The van der Waals surface area contributed by atoms with E-state index in [1.54, 1.807) is 16.8 Å². The average Bonchev–Trinajstić information content (AvgIpc) is 3.01. The van der Waals surface area contributed by atoms with Crippen LogP contribution in [-0.4, -0.2) is 70.4 Å². The van der Waals surface area contributed by atoms with E-state index in [9.17, 15) is 14.4 Å². The Labute approximate surface area is 134 Å². The molecule has 1 unspecified atom stereocenters. The number of rotatable bonds is 3. The van der Waals surface area contributed by atoms with E-state index >= 15 is 0 Å². The molecular formula is C15H21N5O3. The Bertz CT molecular complexity index is 662. The van der Waals surface area contributed by atoms with E-state index < -0.39 is 0 Å². The summed E-state index contributed by atoms with van der Waals surface area (Å²) in [7, 11) is 1.58. The Hall–Kier alpha value is -2.38. The van der Waals surface area contributed by atoms with E-state index in [0.29, 0.717) is 25.3 Å². The van der Waals surface area contributed by atoms with Crippen LogP contribution in [0, 0.1) is 19.8 Å². The summed E-state index contributed by atoms with van der Waals surface area (Å²) in [6.45, 7) is 5.17. The van der Waals surface area contributed by atoms with Gasteiger partial charge in [-0.3, -0.25) is 19.5 Å². The zero-order valence-electron chi connectivity index (χ0n) is 13.5. The summed E-state index contributed by atoms with van der Waals surface area (Å²) in [6.07, 6.45) is 0.252. The van der Waals surface area contributed by atoms with Crippen LogP contribution in [0.5, 0.6) is 0 Å². The molecule has 0 aromatic carbocycles. The van der Waals surface area contributed by atoms with Crippen LogP contribution in [-0.2, 0) is 9.59 Å². The third-order valence-electron chi connectivity index (χ3n) is 4.82. The predicted octanol–water partition coefficient (Wildman–Crippen LogP) is -0.555.